The van der Waals surface area contributed by atoms with E-state index in [1.807, 2.05) is 0 Å². The summed E-state index contributed by atoms with van der Waals surface area (Å²) in [6.45, 7) is 0. The molecule has 2 unspecified atom stereocenters. The van der Waals surface area contributed by atoms with Gasteiger partial charge in [-0.25, -0.2) is 0 Å². The van der Waals surface area contributed by atoms with Crippen molar-refractivity contribution in [3.63, 3.8) is 0 Å². The number of esters is 2. The third-order valence-electron chi connectivity index (χ3n) is 2.05. The van der Waals surface area contributed by atoms with Crippen molar-refractivity contribution in [2.45, 2.75) is 12.0 Å². The van der Waals surface area contributed by atoms with E-state index < -0.39 is 23.4 Å². The Hall–Kier alpha value is -1.10. The molecule has 0 aromatic heterocycles. The Labute approximate surface area is 69.8 Å². The van der Waals surface area contributed by atoms with Gasteiger partial charge in [0.25, 0.3) is 0 Å². The number of rotatable bonds is 2. The maximum Gasteiger partial charge on any atom is 0.326 e. The second-order valence-corrected chi connectivity index (χ2v) is 2.81. The molecule has 2 N–H and O–H groups in total. The predicted octanol–water partition coefficient (Wildman–Crippen LogP) is -0.950. The molecule has 12 heavy (non-hydrogen) atoms. The normalized spacial score (nSPS) is 32.4. The maximum absolute atomic E-state index is 11.0. The lowest BCUT2D eigenvalue weighted by Gasteiger charge is -2.06. The molecule has 0 amide bonds. The van der Waals surface area contributed by atoms with Crippen molar-refractivity contribution >= 4 is 11.9 Å². The Morgan fingerprint density at radius 1 is 1.42 bits per heavy atom. The highest BCUT2D eigenvalue weighted by Crippen LogP contribution is 2.42. The summed E-state index contributed by atoms with van der Waals surface area (Å²) in [5.74, 6) is -1.55. The number of hydrogen-bond donors (Lipinski definition) is 1. The monoisotopic (exact) mass is 173 g/mol. The zero-order valence-corrected chi connectivity index (χ0v) is 6.99. The number of ether oxygens (including phenoxy) is 2. The van der Waals surface area contributed by atoms with Crippen molar-refractivity contribution in [3.8, 4) is 0 Å². The smallest absolute Gasteiger partial charge is 0.326 e. The fourth-order valence-electron chi connectivity index (χ4n) is 1.13. The third kappa shape index (κ3) is 1.16. The van der Waals surface area contributed by atoms with Crippen molar-refractivity contribution in [1.29, 1.82) is 0 Å². The van der Waals surface area contributed by atoms with Crippen molar-refractivity contribution in [3.05, 3.63) is 0 Å². The van der Waals surface area contributed by atoms with Gasteiger partial charge in [-0.05, 0) is 6.42 Å². The van der Waals surface area contributed by atoms with Crippen LogP contribution in [0.4, 0.5) is 0 Å². The number of nitrogens with two attached hydrogens (primary N) is 1. The summed E-state index contributed by atoms with van der Waals surface area (Å²) >= 11 is 0. The van der Waals surface area contributed by atoms with Crippen LogP contribution >= 0.6 is 0 Å². The molecule has 5 heteroatoms. The summed E-state index contributed by atoms with van der Waals surface area (Å²) in [6.07, 6.45) is 0.312. The van der Waals surface area contributed by atoms with Crippen LogP contribution in [0.25, 0.3) is 0 Å². The SMILES string of the molecule is COC(=O)C1CC1(N)C(=O)OC. The highest BCUT2D eigenvalue weighted by atomic mass is 16.5. The van der Waals surface area contributed by atoms with Crippen LogP contribution in [0.2, 0.25) is 0 Å². The molecule has 68 valence electrons. The van der Waals surface area contributed by atoms with Gasteiger partial charge in [-0.2, -0.15) is 0 Å². The summed E-state index contributed by atoms with van der Waals surface area (Å²) in [6, 6.07) is 0. The highest BCUT2D eigenvalue weighted by molar-refractivity contribution is 5.94. The second kappa shape index (κ2) is 2.75. The van der Waals surface area contributed by atoms with Crippen LogP contribution in [0, 0.1) is 5.92 Å². The Balaban J connectivity index is 2.59. The predicted molar refractivity (Wildman–Crippen MR) is 39.1 cm³/mol. The molecule has 1 aliphatic carbocycles. The van der Waals surface area contributed by atoms with E-state index in [0.717, 1.165) is 0 Å². The third-order valence-corrected chi connectivity index (χ3v) is 2.05. The van der Waals surface area contributed by atoms with Crippen molar-refractivity contribution in [2.24, 2.45) is 11.7 Å². The number of hydrogen-bond acceptors (Lipinski definition) is 5. The Morgan fingerprint density at radius 2 is 2.00 bits per heavy atom. The van der Waals surface area contributed by atoms with Crippen LogP contribution in [-0.4, -0.2) is 31.7 Å². The largest absolute Gasteiger partial charge is 0.469 e. The summed E-state index contributed by atoms with van der Waals surface area (Å²) < 4.78 is 8.87. The molecular weight excluding hydrogens is 162 g/mol. The quantitative estimate of drug-likeness (QED) is 0.544. The van der Waals surface area contributed by atoms with Crippen LogP contribution in [0.15, 0.2) is 0 Å². The van der Waals surface area contributed by atoms with Gasteiger partial charge in [-0.1, -0.05) is 0 Å². The van der Waals surface area contributed by atoms with Crippen LogP contribution in [0.5, 0.6) is 0 Å². The molecule has 1 aliphatic rings. The summed E-state index contributed by atoms with van der Waals surface area (Å²) in [4.78, 5) is 21.9. The molecule has 0 heterocycles. The van der Waals surface area contributed by atoms with Crippen LogP contribution in [-0.2, 0) is 19.1 Å². The van der Waals surface area contributed by atoms with Gasteiger partial charge in [-0.15, -0.1) is 0 Å². The first kappa shape index (κ1) is 8.99. The van der Waals surface area contributed by atoms with E-state index in [2.05, 4.69) is 9.47 Å². The summed E-state index contributed by atoms with van der Waals surface area (Å²) in [5.41, 5.74) is 4.41. The van der Waals surface area contributed by atoms with E-state index in [-0.39, 0.29) is 0 Å². The minimum atomic E-state index is -1.14. The topological polar surface area (TPSA) is 78.6 Å². The molecular formula is C7H11NO4. The Kier molecular flexibility index (Phi) is 2.06. The molecule has 0 aromatic rings. The van der Waals surface area contributed by atoms with E-state index in [4.69, 9.17) is 5.73 Å². The fourth-order valence-corrected chi connectivity index (χ4v) is 1.13. The number of carbonyl (C=O) groups is 2. The summed E-state index contributed by atoms with van der Waals surface area (Å²) in [5, 5.41) is 0. The molecule has 2 atom stereocenters. The van der Waals surface area contributed by atoms with E-state index in [0.29, 0.717) is 6.42 Å². The van der Waals surface area contributed by atoms with Gasteiger partial charge in [0, 0.05) is 0 Å². The van der Waals surface area contributed by atoms with Gasteiger partial charge < -0.3 is 15.2 Å². The van der Waals surface area contributed by atoms with Gasteiger partial charge in [0.15, 0.2) is 0 Å². The van der Waals surface area contributed by atoms with Crippen LogP contribution in [0.3, 0.4) is 0 Å². The van der Waals surface area contributed by atoms with Gasteiger partial charge in [0.1, 0.15) is 5.54 Å². The zero-order valence-electron chi connectivity index (χ0n) is 6.99. The molecule has 0 bridgehead atoms. The van der Waals surface area contributed by atoms with E-state index in [1.54, 1.807) is 0 Å². The number of methoxy groups -OCH3 is 2. The first-order valence-electron chi connectivity index (χ1n) is 3.51. The molecule has 0 aromatic carbocycles. The average molecular weight is 173 g/mol. The molecule has 0 radical (unpaired) electrons. The average Bonchev–Trinajstić information content (AvgIpc) is 2.76. The van der Waals surface area contributed by atoms with Gasteiger partial charge in [0.2, 0.25) is 0 Å². The van der Waals surface area contributed by atoms with E-state index in [1.165, 1.54) is 14.2 Å². The van der Waals surface area contributed by atoms with Crippen molar-refractivity contribution < 1.29 is 19.1 Å². The lowest BCUT2D eigenvalue weighted by molar-refractivity contribution is -0.149. The van der Waals surface area contributed by atoms with E-state index in [9.17, 15) is 9.59 Å². The van der Waals surface area contributed by atoms with Gasteiger partial charge >= 0.3 is 11.9 Å². The molecule has 0 aliphatic heterocycles. The maximum atomic E-state index is 11.0. The van der Waals surface area contributed by atoms with Crippen molar-refractivity contribution in [2.75, 3.05) is 14.2 Å². The van der Waals surface area contributed by atoms with Crippen LogP contribution < -0.4 is 5.73 Å². The van der Waals surface area contributed by atoms with Crippen molar-refractivity contribution in [1.82, 2.24) is 0 Å². The lowest BCUT2D eigenvalue weighted by Crippen LogP contribution is -2.38. The van der Waals surface area contributed by atoms with Gasteiger partial charge in [-0.3, -0.25) is 9.59 Å². The van der Waals surface area contributed by atoms with E-state index >= 15 is 0 Å². The lowest BCUT2D eigenvalue weighted by atomic mass is 10.2. The first-order valence-corrected chi connectivity index (χ1v) is 3.51. The molecule has 1 saturated carbocycles. The fraction of sp³-hybridized carbons (Fsp3) is 0.714. The minimum Gasteiger partial charge on any atom is -0.469 e. The molecule has 0 saturated heterocycles. The highest BCUT2D eigenvalue weighted by Gasteiger charge is 2.63. The molecule has 0 spiro atoms. The Bertz CT molecular complexity index is 227. The first-order chi connectivity index (χ1) is 5.56. The zero-order chi connectivity index (χ0) is 9.35. The minimum absolute atomic E-state index is 0.312. The second-order valence-electron chi connectivity index (χ2n) is 2.81. The number of carbonyl (C=O) groups excluding carboxylic acids is 2. The summed E-state index contributed by atoms with van der Waals surface area (Å²) in [7, 11) is 2.50. The van der Waals surface area contributed by atoms with Crippen LogP contribution in [0.1, 0.15) is 6.42 Å². The molecule has 5 nitrogen and oxygen atoms in total. The molecule has 1 fully saturated rings. The molecule has 1 rings (SSSR count). The van der Waals surface area contributed by atoms with Gasteiger partial charge in [0.05, 0.1) is 20.1 Å². The Morgan fingerprint density at radius 3 is 2.42 bits per heavy atom. The standard InChI is InChI=1S/C7H11NO4/c1-11-5(9)4-3-7(4,8)6(10)12-2/h4H,3,8H2,1-2H3.